The van der Waals surface area contributed by atoms with Gasteiger partial charge in [0.05, 0.1) is 11.9 Å². The molecule has 1 fully saturated rings. The smallest absolute Gasteiger partial charge is 0.315 e. The average Bonchev–Trinajstić information content (AvgIpc) is 3.20. The van der Waals surface area contributed by atoms with Gasteiger partial charge in [-0.05, 0) is 19.4 Å². The van der Waals surface area contributed by atoms with Crippen molar-refractivity contribution in [3.05, 3.63) is 35.4 Å². The van der Waals surface area contributed by atoms with Gasteiger partial charge in [-0.15, -0.1) is 0 Å². The summed E-state index contributed by atoms with van der Waals surface area (Å²) >= 11 is 0. The molecule has 2 N–H and O–H groups in total. The molecule has 1 saturated carbocycles. The highest BCUT2D eigenvalue weighted by Gasteiger charge is 2.74. The predicted octanol–water partition coefficient (Wildman–Crippen LogP) is 1.40. The Hall–Kier alpha value is -1.40. The van der Waals surface area contributed by atoms with Crippen LogP contribution < -0.4 is 5.73 Å². The molecule has 22 heavy (non-hydrogen) atoms. The highest BCUT2D eigenvalue weighted by atomic mass is 32.2. The van der Waals surface area contributed by atoms with Gasteiger partial charge in [0.2, 0.25) is 0 Å². The Morgan fingerprint density at radius 3 is 2.32 bits per heavy atom. The van der Waals surface area contributed by atoms with Gasteiger partial charge in [-0.3, -0.25) is 4.79 Å². The van der Waals surface area contributed by atoms with Gasteiger partial charge in [0.15, 0.2) is 9.84 Å². The third-order valence-electron chi connectivity index (χ3n) is 4.48. The molecule has 1 aliphatic carbocycles. The quantitative estimate of drug-likeness (QED) is 0.799. The summed E-state index contributed by atoms with van der Waals surface area (Å²) in [7, 11) is -3.40. The van der Waals surface area contributed by atoms with E-state index in [0.717, 1.165) is 11.1 Å². The molecule has 0 aromatic heterocycles. The molecule has 1 aliphatic rings. The molecule has 122 valence electrons. The second-order valence-corrected chi connectivity index (χ2v) is 8.14. The zero-order valence-electron chi connectivity index (χ0n) is 13.2. The third-order valence-corrected chi connectivity index (χ3v) is 6.75. The van der Waals surface area contributed by atoms with Crippen molar-refractivity contribution >= 4 is 15.8 Å². The fourth-order valence-corrected chi connectivity index (χ4v) is 5.27. The molecule has 0 bridgehead atoms. The van der Waals surface area contributed by atoms with Crippen molar-refractivity contribution in [1.29, 1.82) is 0 Å². The maximum absolute atomic E-state index is 12.4. The Balaban J connectivity index is 2.49. The first-order chi connectivity index (χ1) is 10.3. The van der Waals surface area contributed by atoms with E-state index < -0.39 is 32.4 Å². The lowest BCUT2D eigenvalue weighted by Crippen LogP contribution is -2.34. The molecule has 0 aliphatic heterocycles. The Morgan fingerprint density at radius 2 is 1.86 bits per heavy atom. The second-order valence-electron chi connectivity index (χ2n) is 5.73. The van der Waals surface area contributed by atoms with E-state index in [1.165, 1.54) is 0 Å². The van der Waals surface area contributed by atoms with E-state index in [2.05, 4.69) is 0 Å². The minimum absolute atomic E-state index is 0.0127. The van der Waals surface area contributed by atoms with Crippen LogP contribution in [0.25, 0.3) is 0 Å². The maximum atomic E-state index is 12.4. The molecule has 6 heteroatoms. The van der Waals surface area contributed by atoms with Crippen molar-refractivity contribution in [2.45, 2.75) is 31.9 Å². The molecule has 0 amide bonds. The number of sulfone groups is 1. The first-order valence-electron chi connectivity index (χ1n) is 7.50. The third kappa shape index (κ3) is 2.54. The van der Waals surface area contributed by atoms with E-state index in [9.17, 15) is 13.2 Å². The summed E-state index contributed by atoms with van der Waals surface area (Å²) in [6.45, 7) is 5.42. The van der Waals surface area contributed by atoms with Crippen LogP contribution in [-0.4, -0.2) is 38.5 Å². The monoisotopic (exact) mass is 325 g/mol. The second kappa shape index (κ2) is 6.01. The van der Waals surface area contributed by atoms with E-state index in [-0.39, 0.29) is 18.9 Å². The number of carbonyl (C=O) groups is 1. The van der Waals surface area contributed by atoms with E-state index in [0.29, 0.717) is 0 Å². The van der Waals surface area contributed by atoms with Crippen LogP contribution in [0.1, 0.15) is 30.9 Å². The molecule has 3 atom stereocenters. The zero-order chi connectivity index (χ0) is 16.5. The lowest BCUT2D eigenvalue weighted by atomic mass is 9.98. The minimum atomic E-state index is -3.40. The van der Waals surface area contributed by atoms with Crippen LogP contribution in [-0.2, 0) is 19.4 Å². The Kier molecular flexibility index (Phi) is 4.63. The van der Waals surface area contributed by atoms with Gasteiger partial charge >= 0.3 is 5.97 Å². The Bertz CT molecular complexity index is 653. The fraction of sp³-hybridized carbons (Fsp3) is 0.562. The lowest BCUT2D eigenvalue weighted by molar-refractivity contribution is -0.149. The normalized spacial score (nSPS) is 27.5. The zero-order valence-corrected chi connectivity index (χ0v) is 14.0. The van der Waals surface area contributed by atoms with Gasteiger partial charge < -0.3 is 10.5 Å². The number of esters is 1. The van der Waals surface area contributed by atoms with Crippen molar-refractivity contribution in [2.24, 2.45) is 11.1 Å². The summed E-state index contributed by atoms with van der Waals surface area (Å²) in [4.78, 5) is 12.4. The Labute approximate surface area is 131 Å². The predicted molar refractivity (Wildman–Crippen MR) is 85.3 cm³/mol. The van der Waals surface area contributed by atoms with Crippen LogP contribution in [0.2, 0.25) is 0 Å². The number of hydrogen-bond donors (Lipinski definition) is 1. The Morgan fingerprint density at radius 1 is 1.27 bits per heavy atom. The molecule has 0 spiro atoms. The van der Waals surface area contributed by atoms with Crippen molar-refractivity contribution in [3.63, 3.8) is 0 Å². The molecule has 0 radical (unpaired) electrons. The van der Waals surface area contributed by atoms with E-state index in [1.54, 1.807) is 13.8 Å². The first-order valence-corrected chi connectivity index (χ1v) is 9.22. The van der Waals surface area contributed by atoms with E-state index >= 15 is 0 Å². The number of aryl methyl sites for hydroxylation is 1. The molecule has 0 heterocycles. The summed E-state index contributed by atoms with van der Waals surface area (Å²) in [5, 5.41) is -0.795. The van der Waals surface area contributed by atoms with Crippen LogP contribution in [0.5, 0.6) is 0 Å². The molecule has 0 saturated heterocycles. The maximum Gasteiger partial charge on any atom is 0.315 e. The molecule has 2 rings (SSSR count). The van der Waals surface area contributed by atoms with Crippen LogP contribution >= 0.6 is 0 Å². The highest BCUT2D eigenvalue weighted by molar-refractivity contribution is 7.92. The van der Waals surface area contributed by atoms with Crippen LogP contribution in [0.4, 0.5) is 0 Å². The topological polar surface area (TPSA) is 86.5 Å². The molecule has 5 nitrogen and oxygen atoms in total. The highest BCUT2D eigenvalue weighted by Crippen LogP contribution is 2.63. The average molecular weight is 325 g/mol. The fourth-order valence-electron chi connectivity index (χ4n) is 3.19. The van der Waals surface area contributed by atoms with Gasteiger partial charge in [0, 0.05) is 18.2 Å². The molecule has 1 aromatic carbocycles. The number of ether oxygens (including phenoxy) is 1. The number of hydrogen-bond acceptors (Lipinski definition) is 5. The number of nitrogens with two attached hydrogens (primary N) is 1. The van der Waals surface area contributed by atoms with E-state index in [1.807, 2.05) is 31.2 Å². The SMILES string of the molecule is CCOC(=O)[C@]1(CN)[C@H](c2ccc(C)cc2)[C@H]1S(=O)(=O)CC. The van der Waals surface area contributed by atoms with Crippen molar-refractivity contribution in [3.8, 4) is 0 Å². The van der Waals surface area contributed by atoms with Gasteiger partial charge in [-0.1, -0.05) is 36.8 Å². The summed E-state index contributed by atoms with van der Waals surface area (Å²) in [5.74, 6) is -0.950. The first kappa shape index (κ1) is 17.0. The molecule has 1 aromatic rings. The number of benzene rings is 1. The lowest BCUT2D eigenvalue weighted by Gasteiger charge is -2.14. The van der Waals surface area contributed by atoms with Crippen molar-refractivity contribution in [1.82, 2.24) is 0 Å². The van der Waals surface area contributed by atoms with Gasteiger partial charge in [-0.2, -0.15) is 0 Å². The summed E-state index contributed by atoms with van der Waals surface area (Å²) in [6, 6.07) is 7.56. The van der Waals surface area contributed by atoms with Crippen LogP contribution in [0, 0.1) is 12.3 Å². The molecular weight excluding hydrogens is 302 g/mol. The van der Waals surface area contributed by atoms with Crippen LogP contribution in [0.15, 0.2) is 24.3 Å². The van der Waals surface area contributed by atoms with Gasteiger partial charge in [0.25, 0.3) is 0 Å². The summed E-state index contributed by atoms with van der Waals surface area (Å²) in [6.07, 6.45) is 0. The molecule has 0 unspecified atom stereocenters. The summed E-state index contributed by atoms with van der Waals surface area (Å²) < 4.78 is 30.0. The molecular formula is C16H23NO4S. The van der Waals surface area contributed by atoms with Crippen molar-refractivity contribution in [2.75, 3.05) is 18.9 Å². The largest absolute Gasteiger partial charge is 0.465 e. The standard InChI is InChI=1S/C16H23NO4S/c1-4-21-15(18)16(10-17)13(14(16)22(19,20)5-2)12-8-6-11(3)7-9-12/h6-9,13-14H,4-5,10,17H2,1-3H3/t13-,14-,16-/m1/s1. The number of rotatable bonds is 6. The summed E-state index contributed by atoms with van der Waals surface area (Å²) in [5.41, 5.74) is 6.58. The van der Waals surface area contributed by atoms with Gasteiger partial charge in [-0.25, -0.2) is 8.42 Å². The van der Waals surface area contributed by atoms with Crippen LogP contribution in [0.3, 0.4) is 0 Å². The van der Waals surface area contributed by atoms with Crippen molar-refractivity contribution < 1.29 is 17.9 Å². The van der Waals surface area contributed by atoms with E-state index in [4.69, 9.17) is 10.5 Å². The number of carbonyl (C=O) groups excluding carboxylic acids is 1. The minimum Gasteiger partial charge on any atom is -0.465 e. The van der Waals surface area contributed by atoms with Gasteiger partial charge in [0.1, 0.15) is 5.41 Å².